The molecule has 0 amide bonds. The minimum absolute atomic E-state index is 0.902. The van der Waals surface area contributed by atoms with Gasteiger partial charge in [-0.25, -0.2) is 0 Å². The summed E-state index contributed by atoms with van der Waals surface area (Å²) in [5.41, 5.74) is 0. The summed E-state index contributed by atoms with van der Waals surface area (Å²) >= 11 is 0. The Balaban J connectivity index is 0.000000371. The third kappa shape index (κ3) is 3.89. The van der Waals surface area contributed by atoms with E-state index < -0.39 is 0 Å². The van der Waals surface area contributed by atoms with Gasteiger partial charge < -0.3 is 5.32 Å². The van der Waals surface area contributed by atoms with Gasteiger partial charge in [0.05, 0.1) is 0 Å². The highest BCUT2D eigenvalue weighted by Gasteiger charge is 2.12. The molecule has 0 saturated carbocycles. The minimum atomic E-state index is 0.902. The van der Waals surface area contributed by atoms with Crippen molar-refractivity contribution in [1.29, 1.82) is 0 Å². The van der Waals surface area contributed by atoms with Crippen LogP contribution in [0.4, 0.5) is 0 Å². The molecule has 1 N–H and O–H groups in total. The van der Waals surface area contributed by atoms with Crippen molar-refractivity contribution < 1.29 is 0 Å². The number of hydrogen-bond acceptors (Lipinski definition) is 1. The maximum absolute atomic E-state index is 3.38. The molecule has 0 aromatic rings. The second-order valence-corrected chi connectivity index (χ2v) is 3.10. The van der Waals surface area contributed by atoms with E-state index in [0.717, 1.165) is 11.8 Å². The van der Waals surface area contributed by atoms with Crippen LogP contribution >= 0.6 is 0 Å². The van der Waals surface area contributed by atoms with E-state index in [2.05, 4.69) is 19.2 Å². The van der Waals surface area contributed by atoms with Crippen molar-refractivity contribution in [1.82, 2.24) is 5.32 Å². The quantitative estimate of drug-likeness (QED) is 0.548. The molecule has 2 atom stereocenters. The first-order chi connectivity index (χ1) is 4.79. The molecule has 1 aliphatic rings. The fourth-order valence-corrected chi connectivity index (χ4v) is 1.43. The number of piperidine rings is 1. The van der Waals surface area contributed by atoms with Crippen molar-refractivity contribution in [2.45, 2.75) is 34.1 Å². The predicted octanol–water partition coefficient (Wildman–Crippen LogP) is 2.28. The van der Waals surface area contributed by atoms with Gasteiger partial charge in [-0.2, -0.15) is 0 Å². The Hall–Kier alpha value is -0.0400. The SMILES string of the molecule is CC.C[C@@H]1CNC[C@@H](C)C1. The lowest BCUT2D eigenvalue weighted by molar-refractivity contribution is 0.321. The largest absolute Gasteiger partial charge is 0.316 e. The van der Waals surface area contributed by atoms with Crippen molar-refractivity contribution in [2.24, 2.45) is 11.8 Å². The third-order valence-electron chi connectivity index (χ3n) is 1.79. The fraction of sp³-hybridized carbons (Fsp3) is 1.00. The van der Waals surface area contributed by atoms with Crippen LogP contribution in [0.25, 0.3) is 0 Å². The molecule has 0 aliphatic carbocycles. The lowest BCUT2D eigenvalue weighted by Crippen LogP contribution is -2.33. The zero-order valence-corrected chi connectivity index (χ0v) is 7.78. The molecule has 10 heavy (non-hydrogen) atoms. The molecule has 0 bridgehead atoms. The van der Waals surface area contributed by atoms with Crippen molar-refractivity contribution >= 4 is 0 Å². The fourth-order valence-electron chi connectivity index (χ4n) is 1.43. The van der Waals surface area contributed by atoms with Gasteiger partial charge in [0.25, 0.3) is 0 Å². The van der Waals surface area contributed by atoms with Gasteiger partial charge >= 0.3 is 0 Å². The van der Waals surface area contributed by atoms with Crippen molar-refractivity contribution in [2.75, 3.05) is 13.1 Å². The molecule has 62 valence electrons. The molecule has 1 rings (SSSR count). The Kier molecular flexibility index (Phi) is 5.70. The zero-order chi connectivity index (χ0) is 7.98. The Morgan fingerprint density at radius 3 is 1.60 bits per heavy atom. The molecular weight excluding hydrogens is 122 g/mol. The highest BCUT2D eigenvalue weighted by molar-refractivity contribution is 4.69. The summed E-state index contributed by atoms with van der Waals surface area (Å²) in [6.45, 7) is 11.1. The number of rotatable bonds is 0. The van der Waals surface area contributed by atoms with E-state index in [1.165, 1.54) is 19.5 Å². The Morgan fingerprint density at radius 1 is 1.00 bits per heavy atom. The summed E-state index contributed by atoms with van der Waals surface area (Å²) in [6, 6.07) is 0. The normalized spacial score (nSPS) is 32.4. The topological polar surface area (TPSA) is 12.0 Å². The molecule has 0 spiro atoms. The van der Waals surface area contributed by atoms with Gasteiger partial charge in [-0.1, -0.05) is 27.7 Å². The number of nitrogens with one attached hydrogen (secondary N) is 1. The van der Waals surface area contributed by atoms with Gasteiger partial charge in [-0.15, -0.1) is 0 Å². The minimum Gasteiger partial charge on any atom is -0.316 e. The predicted molar refractivity (Wildman–Crippen MR) is 47.2 cm³/mol. The molecule has 1 saturated heterocycles. The van der Waals surface area contributed by atoms with Crippen LogP contribution in [0.1, 0.15) is 34.1 Å². The van der Waals surface area contributed by atoms with E-state index in [0.29, 0.717) is 0 Å². The Morgan fingerprint density at radius 2 is 1.40 bits per heavy atom. The van der Waals surface area contributed by atoms with Gasteiger partial charge in [0.2, 0.25) is 0 Å². The molecule has 0 unspecified atom stereocenters. The highest BCUT2D eigenvalue weighted by atomic mass is 14.9. The second-order valence-electron chi connectivity index (χ2n) is 3.10. The lowest BCUT2D eigenvalue weighted by Gasteiger charge is -2.24. The molecule has 0 aromatic carbocycles. The summed E-state index contributed by atoms with van der Waals surface area (Å²) in [5.74, 6) is 1.80. The van der Waals surface area contributed by atoms with Gasteiger partial charge in [0, 0.05) is 0 Å². The molecule has 0 aromatic heterocycles. The van der Waals surface area contributed by atoms with E-state index in [-0.39, 0.29) is 0 Å². The van der Waals surface area contributed by atoms with Gasteiger partial charge in [0.1, 0.15) is 0 Å². The van der Waals surface area contributed by atoms with Crippen LogP contribution in [0, 0.1) is 11.8 Å². The zero-order valence-electron chi connectivity index (χ0n) is 7.78. The lowest BCUT2D eigenvalue weighted by atomic mass is 9.94. The van der Waals surface area contributed by atoms with Crippen LogP contribution in [0.2, 0.25) is 0 Å². The first-order valence-corrected chi connectivity index (χ1v) is 4.49. The summed E-state index contributed by atoms with van der Waals surface area (Å²) in [4.78, 5) is 0. The highest BCUT2D eigenvalue weighted by Crippen LogP contribution is 2.13. The van der Waals surface area contributed by atoms with E-state index in [9.17, 15) is 0 Å². The van der Waals surface area contributed by atoms with Crippen LogP contribution in [-0.4, -0.2) is 13.1 Å². The van der Waals surface area contributed by atoms with E-state index in [1.807, 2.05) is 13.8 Å². The molecule has 1 aliphatic heterocycles. The van der Waals surface area contributed by atoms with Gasteiger partial charge in [0.15, 0.2) is 0 Å². The Bertz CT molecular complexity index is 63.1. The first-order valence-electron chi connectivity index (χ1n) is 4.49. The van der Waals surface area contributed by atoms with Crippen molar-refractivity contribution in [3.63, 3.8) is 0 Å². The third-order valence-corrected chi connectivity index (χ3v) is 1.79. The Labute approximate surface area is 65.2 Å². The smallest absolute Gasteiger partial charge is 0.00229 e. The summed E-state index contributed by atoms with van der Waals surface area (Å²) in [6.07, 6.45) is 1.41. The summed E-state index contributed by atoms with van der Waals surface area (Å²) in [7, 11) is 0. The summed E-state index contributed by atoms with van der Waals surface area (Å²) < 4.78 is 0. The van der Waals surface area contributed by atoms with Gasteiger partial charge in [-0.3, -0.25) is 0 Å². The molecule has 1 nitrogen and oxygen atoms in total. The maximum atomic E-state index is 3.38. The molecular formula is C9H21N. The van der Waals surface area contributed by atoms with Crippen LogP contribution in [0.5, 0.6) is 0 Å². The van der Waals surface area contributed by atoms with Crippen LogP contribution in [-0.2, 0) is 0 Å². The van der Waals surface area contributed by atoms with Crippen LogP contribution in [0.3, 0.4) is 0 Å². The second kappa shape index (κ2) is 5.72. The van der Waals surface area contributed by atoms with E-state index >= 15 is 0 Å². The van der Waals surface area contributed by atoms with Crippen molar-refractivity contribution in [3.05, 3.63) is 0 Å². The van der Waals surface area contributed by atoms with Gasteiger partial charge in [-0.05, 0) is 31.3 Å². The first kappa shape index (κ1) is 9.96. The average molecular weight is 143 g/mol. The standard InChI is InChI=1S/C7H15N.C2H6/c1-6-3-7(2)5-8-4-6;1-2/h6-8H,3-5H2,1-2H3;1-2H3/t6-,7-;/m0./s1. The molecule has 1 heterocycles. The maximum Gasteiger partial charge on any atom is -0.00229 e. The average Bonchev–Trinajstić information content (AvgIpc) is 1.91. The molecule has 1 fully saturated rings. The molecule has 1 heteroatoms. The number of hydrogen-bond donors (Lipinski definition) is 1. The van der Waals surface area contributed by atoms with Crippen LogP contribution in [0.15, 0.2) is 0 Å². The van der Waals surface area contributed by atoms with Crippen LogP contribution < -0.4 is 5.32 Å². The molecule has 0 radical (unpaired) electrons. The monoisotopic (exact) mass is 143 g/mol. The summed E-state index contributed by atoms with van der Waals surface area (Å²) in [5, 5.41) is 3.38. The van der Waals surface area contributed by atoms with E-state index in [1.54, 1.807) is 0 Å². The van der Waals surface area contributed by atoms with E-state index in [4.69, 9.17) is 0 Å². The van der Waals surface area contributed by atoms with Crippen molar-refractivity contribution in [3.8, 4) is 0 Å².